The summed E-state index contributed by atoms with van der Waals surface area (Å²) in [6, 6.07) is 1.78. The van der Waals surface area contributed by atoms with Crippen molar-refractivity contribution in [2.24, 2.45) is 0 Å². The van der Waals surface area contributed by atoms with Crippen molar-refractivity contribution in [3.8, 4) is 0 Å². The summed E-state index contributed by atoms with van der Waals surface area (Å²) in [5, 5.41) is 0.486. The van der Waals surface area contributed by atoms with Crippen LogP contribution in [0.3, 0.4) is 0 Å². The van der Waals surface area contributed by atoms with E-state index < -0.39 is 0 Å². The number of likely N-dealkylation sites (N-methyl/N-ethyl adjacent to an activating group) is 1. The molecular weight excluding hydrogens is 250 g/mol. The molecule has 4 nitrogen and oxygen atoms in total. The Hall–Kier alpha value is -0.870. The second kappa shape index (κ2) is 6.90. The smallest absolute Gasteiger partial charge is 0.135 e. The van der Waals surface area contributed by atoms with Crippen LogP contribution in [0.5, 0.6) is 0 Å². The van der Waals surface area contributed by atoms with Crippen LogP contribution < -0.4 is 4.90 Å². The minimum absolute atomic E-state index is 0.249. The highest BCUT2D eigenvalue weighted by Gasteiger charge is 2.10. The summed E-state index contributed by atoms with van der Waals surface area (Å²) in [5.41, 5.74) is 0. The molecule has 18 heavy (non-hydrogen) atoms. The van der Waals surface area contributed by atoms with Gasteiger partial charge in [0.05, 0.1) is 12.7 Å². The normalized spacial score (nSPS) is 11.3. The maximum Gasteiger partial charge on any atom is 0.135 e. The van der Waals surface area contributed by atoms with E-state index in [0.717, 1.165) is 18.2 Å². The van der Waals surface area contributed by atoms with Gasteiger partial charge in [-0.25, -0.2) is 9.97 Å². The standard InChI is InChI=1S/C13H22ClN3O/c1-9(2)13-15-11(14)8-12(16-13)17(5)6-7-18-10(3)4/h8-10H,6-7H2,1-5H3. The Balaban J connectivity index is 2.69. The Labute approximate surface area is 114 Å². The van der Waals surface area contributed by atoms with Crippen LogP contribution >= 0.6 is 11.6 Å². The van der Waals surface area contributed by atoms with E-state index in [0.29, 0.717) is 11.8 Å². The number of halogens is 1. The van der Waals surface area contributed by atoms with E-state index in [2.05, 4.69) is 23.8 Å². The molecule has 1 aromatic heterocycles. The Bertz CT molecular complexity index is 382. The summed E-state index contributed by atoms with van der Waals surface area (Å²) < 4.78 is 5.52. The molecule has 0 aliphatic carbocycles. The van der Waals surface area contributed by atoms with Crippen LogP contribution in [0.1, 0.15) is 39.4 Å². The lowest BCUT2D eigenvalue weighted by Gasteiger charge is -2.20. The molecule has 0 spiro atoms. The zero-order valence-electron chi connectivity index (χ0n) is 11.8. The van der Waals surface area contributed by atoms with Crippen molar-refractivity contribution in [3.63, 3.8) is 0 Å². The largest absolute Gasteiger partial charge is 0.377 e. The third kappa shape index (κ3) is 4.78. The lowest BCUT2D eigenvalue weighted by molar-refractivity contribution is 0.0845. The SMILES string of the molecule is CC(C)OCCN(C)c1cc(Cl)nc(C(C)C)n1. The summed E-state index contributed by atoms with van der Waals surface area (Å²) in [5.74, 6) is 1.88. The Morgan fingerprint density at radius 3 is 2.50 bits per heavy atom. The van der Waals surface area contributed by atoms with Gasteiger partial charge in [0.1, 0.15) is 16.8 Å². The van der Waals surface area contributed by atoms with Gasteiger partial charge in [-0.15, -0.1) is 0 Å². The van der Waals surface area contributed by atoms with Crippen LogP contribution in [-0.4, -0.2) is 36.3 Å². The molecule has 0 saturated carbocycles. The molecule has 0 N–H and O–H groups in total. The van der Waals surface area contributed by atoms with Gasteiger partial charge in [-0.3, -0.25) is 0 Å². The summed E-state index contributed by atoms with van der Waals surface area (Å²) in [6.07, 6.45) is 0.249. The Morgan fingerprint density at radius 1 is 1.28 bits per heavy atom. The molecule has 0 atom stereocenters. The van der Waals surface area contributed by atoms with Crippen molar-refractivity contribution >= 4 is 17.4 Å². The maximum atomic E-state index is 6.01. The molecule has 0 bridgehead atoms. The highest BCUT2D eigenvalue weighted by atomic mass is 35.5. The fraction of sp³-hybridized carbons (Fsp3) is 0.692. The van der Waals surface area contributed by atoms with Crippen LogP contribution in [0.15, 0.2) is 6.07 Å². The van der Waals surface area contributed by atoms with E-state index in [1.54, 1.807) is 6.07 Å². The van der Waals surface area contributed by atoms with Crippen LogP contribution in [0.4, 0.5) is 5.82 Å². The van der Waals surface area contributed by atoms with Gasteiger partial charge in [-0.1, -0.05) is 25.4 Å². The molecule has 0 aliphatic rings. The van der Waals surface area contributed by atoms with Crippen molar-refractivity contribution in [3.05, 3.63) is 17.0 Å². The fourth-order valence-electron chi connectivity index (χ4n) is 1.42. The van der Waals surface area contributed by atoms with Crippen molar-refractivity contribution in [2.45, 2.75) is 39.7 Å². The summed E-state index contributed by atoms with van der Waals surface area (Å²) in [6.45, 7) is 9.61. The Kier molecular flexibility index (Phi) is 5.82. The molecule has 1 aromatic rings. The van der Waals surface area contributed by atoms with Crippen molar-refractivity contribution in [1.29, 1.82) is 0 Å². The average molecular weight is 272 g/mol. The number of hydrogen-bond acceptors (Lipinski definition) is 4. The van der Waals surface area contributed by atoms with Crippen LogP contribution in [-0.2, 0) is 4.74 Å². The van der Waals surface area contributed by atoms with Gasteiger partial charge in [-0.2, -0.15) is 0 Å². The number of ether oxygens (including phenoxy) is 1. The van der Waals surface area contributed by atoms with Gasteiger partial charge in [0.25, 0.3) is 0 Å². The highest BCUT2D eigenvalue weighted by Crippen LogP contribution is 2.19. The van der Waals surface area contributed by atoms with Gasteiger partial charge in [0.15, 0.2) is 0 Å². The first-order valence-electron chi connectivity index (χ1n) is 6.27. The molecule has 1 heterocycles. The first kappa shape index (κ1) is 15.2. The second-order valence-corrected chi connectivity index (χ2v) is 5.29. The molecule has 0 amide bonds. The number of nitrogens with zero attached hydrogens (tertiary/aromatic N) is 3. The first-order valence-corrected chi connectivity index (χ1v) is 6.65. The van der Waals surface area contributed by atoms with E-state index in [4.69, 9.17) is 16.3 Å². The van der Waals surface area contributed by atoms with Gasteiger partial charge in [-0.05, 0) is 13.8 Å². The zero-order valence-corrected chi connectivity index (χ0v) is 12.5. The van der Waals surface area contributed by atoms with Gasteiger partial charge in [0.2, 0.25) is 0 Å². The topological polar surface area (TPSA) is 38.2 Å². The third-order valence-corrected chi connectivity index (χ3v) is 2.68. The molecule has 5 heteroatoms. The maximum absolute atomic E-state index is 6.01. The summed E-state index contributed by atoms with van der Waals surface area (Å²) in [7, 11) is 1.98. The lowest BCUT2D eigenvalue weighted by atomic mass is 10.2. The summed E-state index contributed by atoms with van der Waals surface area (Å²) in [4.78, 5) is 10.8. The molecule has 0 aromatic carbocycles. The van der Waals surface area contributed by atoms with Crippen LogP contribution in [0.2, 0.25) is 5.15 Å². The van der Waals surface area contributed by atoms with Gasteiger partial charge >= 0.3 is 0 Å². The first-order chi connectivity index (χ1) is 8.40. The molecule has 0 saturated heterocycles. The van der Waals surface area contributed by atoms with Crippen molar-refractivity contribution in [2.75, 3.05) is 25.1 Å². The molecule has 0 unspecified atom stereocenters. The predicted molar refractivity (Wildman–Crippen MR) is 75.5 cm³/mol. The molecular formula is C13H22ClN3O. The number of rotatable bonds is 6. The number of anilines is 1. The van der Waals surface area contributed by atoms with Crippen LogP contribution in [0.25, 0.3) is 0 Å². The number of hydrogen-bond donors (Lipinski definition) is 0. The minimum atomic E-state index is 0.249. The lowest BCUT2D eigenvalue weighted by Crippen LogP contribution is -2.25. The van der Waals surface area contributed by atoms with Crippen molar-refractivity contribution in [1.82, 2.24) is 9.97 Å². The third-order valence-electron chi connectivity index (χ3n) is 2.48. The quantitative estimate of drug-likeness (QED) is 0.745. The monoisotopic (exact) mass is 271 g/mol. The van der Waals surface area contributed by atoms with E-state index in [9.17, 15) is 0 Å². The van der Waals surface area contributed by atoms with Crippen LogP contribution in [0, 0.1) is 0 Å². The Morgan fingerprint density at radius 2 is 1.94 bits per heavy atom. The van der Waals surface area contributed by atoms with Crippen molar-refractivity contribution < 1.29 is 4.74 Å². The average Bonchev–Trinajstić information content (AvgIpc) is 2.27. The van der Waals surface area contributed by atoms with E-state index in [-0.39, 0.29) is 12.0 Å². The van der Waals surface area contributed by atoms with E-state index in [1.807, 2.05) is 25.8 Å². The summed E-state index contributed by atoms with van der Waals surface area (Å²) >= 11 is 6.01. The minimum Gasteiger partial charge on any atom is -0.377 e. The van der Waals surface area contributed by atoms with E-state index >= 15 is 0 Å². The molecule has 0 aliphatic heterocycles. The fourth-order valence-corrected chi connectivity index (χ4v) is 1.60. The highest BCUT2D eigenvalue weighted by molar-refractivity contribution is 6.29. The molecule has 0 fully saturated rings. The molecule has 1 rings (SSSR count). The number of aromatic nitrogens is 2. The second-order valence-electron chi connectivity index (χ2n) is 4.90. The molecule has 102 valence electrons. The predicted octanol–water partition coefficient (Wildman–Crippen LogP) is 3.11. The zero-order chi connectivity index (χ0) is 13.7. The van der Waals surface area contributed by atoms with Gasteiger partial charge < -0.3 is 9.64 Å². The van der Waals surface area contributed by atoms with Gasteiger partial charge in [0, 0.05) is 25.6 Å². The molecule has 0 radical (unpaired) electrons. The van der Waals surface area contributed by atoms with E-state index in [1.165, 1.54) is 0 Å².